The maximum absolute atomic E-state index is 11.3. The number of carboxylic acids is 1. The average molecular weight is 217 g/mol. The molecular formula is C8H11NO4S. The smallest absolute Gasteiger partial charge is 0.322 e. The standard InChI is InChI=1S/C8H11NO4S/c1-2-3-7(8(10)11)9-14(12,13)6-4-5-6/h1,6-7,9H,3-5H2,(H,10,11). The third-order valence-corrected chi connectivity index (χ3v) is 3.85. The second-order valence-electron chi connectivity index (χ2n) is 3.16. The molecule has 0 aromatic heterocycles. The summed E-state index contributed by atoms with van der Waals surface area (Å²) >= 11 is 0. The Morgan fingerprint density at radius 1 is 1.64 bits per heavy atom. The molecule has 1 fully saturated rings. The van der Waals surface area contributed by atoms with Crippen LogP contribution in [0.1, 0.15) is 19.3 Å². The van der Waals surface area contributed by atoms with Gasteiger partial charge in [-0.05, 0) is 12.8 Å². The lowest BCUT2D eigenvalue weighted by molar-refractivity contribution is -0.138. The molecule has 1 unspecified atom stereocenters. The Kier molecular flexibility index (Phi) is 3.13. The maximum atomic E-state index is 11.3. The van der Waals surface area contributed by atoms with Crippen molar-refractivity contribution in [2.45, 2.75) is 30.6 Å². The van der Waals surface area contributed by atoms with E-state index in [1.165, 1.54) is 0 Å². The minimum atomic E-state index is -3.48. The molecule has 78 valence electrons. The van der Waals surface area contributed by atoms with Gasteiger partial charge in [0.25, 0.3) is 0 Å². The Bertz CT molecular complexity index is 363. The first-order chi connectivity index (χ1) is 6.47. The molecule has 1 aliphatic rings. The van der Waals surface area contributed by atoms with E-state index in [2.05, 4.69) is 10.6 Å². The van der Waals surface area contributed by atoms with E-state index in [1.54, 1.807) is 0 Å². The summed E-state index contributed by atoms with van der Waals surface area (Å²) in [4.78, 5) is 10.6. The van der Waals surface area contributed by atoms with Crippen LogP contribution >= 0.6 is 0 Å². The molecule has 0 amide bonds. The second kappa shape index (κ2) is 3.98. The van der Waals surface area contributed by atoms with Crippen molar-refractivity contribution in [2.24, 2.45) is 0 Å². The van der Waals surface area contributed by atoms with Crippen LogP contribution in [0.15, 0.2) is 0 Å². The van der Waals surface area contributed by atoms with Crippen LogP contribution < -0.4 is 4.72 Å². The van der Waals surface area contributed by atoms with E-state index in [9.17, 15) is 13.2 Å². The lowest BCUT2D eigenvalue weighted by Crippen LogP contribution is -2.42. The van der Waals surface area contributed by atoms with E-state index in [0.717, 1.165) is 0 Å². The number of terminal acetylenes is 1. The minimum absolute atomic E-state index is 0.138. The van der Waals surface area contributed by atoms with Gasteiger partial charge in [-0.1, -0.05) is 0 Å². The van der Waals surface area contributed by atoms with E-state index in [4.69, 9.17) is 11.5 Å². The van der Waals surface area contributed by atoms with Crippen molar-refractivity contribution in [2.75, 3.05) is 0 Å². The predicted molar refractivity (Wildman–Crippen MR) is 50.0 cm³/mol. The van der Waals surface area contributed by atoms with Crippen molar-refractivity contribution < 1.29 is 18.3 Å². The van der Waals surface area contributed by atoms with E-state index >= 15 is 0 Å². The van der Waals surface area contributed by atoms with Gasteiger partial charge in [-0.2, -0.15) is 4.72 Å². The number of hydrogen-bond donors (Lipinski definition) is 2. The molecule has 1 rings (SSSR count). The molecule has 5 nitrogen and oxygen atoms in total. The van der Waals surface area contributed by atoms with Gasteiger partial charge in [0.2, 0.25) is 10.0 Å². The normalized spacial score (nSPS) is 18.5. The zero-order chi connectivity index (χ0) is 10.8. The molecule has 14 heavy (non-hydrogen) atoms. The Balaban J connectivity index is 2.64. The van der Waals surface area contributed by atoms with E-state index in [-0.39, 0.29) is 6.42 Å². The highest BCUT2D eigenvalue weighted by molar-refractivity contribution is 7.90. The van der Waals surface area contributed by atoms with Crippen LogP contribution in [0, 0.1) is 12.3 Å². The van der Waals surface area contributed by atoms with E-state index < -0.39 is 27.3 Å². The largest absolute Gasteiger partial charge is 0.480 e. The lowest BCUT2D eigenvalue weighted by atomic mass is 10.2. The molecule has 0 aromatic rings. The number of carboxylic acid groups (broad SMARTS) is 1. The SMILES string of the molecule is C#CCC(NS(=O)(=O)C1CC1)C(=O)O. The Hall–Kier alpha value is -1.06. The molecule has 1 atom stereocenters. The number of nitrogens with one attached hydrogen (secondary N) is 1. The number of aliphatic carboxylic acids is 1. The fraction of sp³-hybridized carbons (Fsp3) is 0.625. The molecule has 0 aromatic carbocycles. The van der Waals surface area contributed by atoms with Gasteiger partial charge in [-0.25, -0.2) is 8.42 Å². The molecule has 0 bridgehead atoms. The highest BCUT2D eigenvalue weighted by atomic mass is 32.2. The quantitative estimate of drug-likeness (QED) is 0.611. The number of rotatable bonds is 5. The van der Waals surface area contributed by atoms with Gasteiger partial charge >= 0.3 is 5.97 Å². The third kappa shape index (κ3) is 2.72. The molecule has 0 radical (unpaired) electrons. The zero-order valence-electron chi connectivity index (χ0n) is 7.43. The van der Waals surface area contributed by atoms with Crippen molar-refractivity contribution in [3.8, 4) is 12.3 Å². The number of hydrogen-bond acceptors (Lipinski definition) is 3. The van der Waals surface area contributed by atoms with Gasteiger partial charge in [-0.15, -0.1) is 12.3 Å². The van der Waals surface area contributed by atoms with Gasteiger partial charge in [0.05, 0.1) is 5.25 Å². The van der Waals surface area contributed by atoms with E-state index in [0.29, 0.717) is 12.8 Å². The van der Waals surface area contributed by atoms with Crippen molar-refractivity contribution in [3.63, 3.8) is 0 Å². The summed E-state index contributed by atoms with van der Waals surface area (Å²) in [5, 5.41) is 8.22. The summed E-state index contributed by atoms with van der Waals surface area (Å²) in [6.07, 6.45) is 5.98. The molecule has 6 heteroatoms. The Morgan fingerprint density at radius 3 is 2.57 bits per heavy atom. The van der Waals surface area contributed by atoms with E-state index in [1.807, 2.05) is 0 Å². The average Bonchev–Trinajstić information content (AvgIpc) is 2.84. The van der Waals surface area contributed by atoms with Gasteiger partial charge in [0.15, 0.2) is 0 Å². The number of carbonyl (C=O) groups is 1. The Labute approximate surface area is 82.6 Å². The first-order valence-electron chi connectivity index (χ1n) is 4.15. The molecule has 0 spiro atoms. The summed E-state index contributed by atoms with van der Waals surface area (Å²) in [5.74, 6) is 0.880. The summed E-state index contributed by atoms with van der Waals surface area (Å²) in [6, 6.07) is -1.20. The fourth-order valence-corrected chi connectivity index (χ4v) is 2.50. The molecule has 2 N–H and O–H groups in total. The van der Waals surface area contributed by atoms with Gasteiger partial charge < -0.3 is 5.11 Å². The molecule has 0 aliphatic heterocycles. The van der Waals surface area contributed by atoms with Crippen LogP contribution in [0.5, 0.6) is 0 Å². The Morgan fingerprint density at radius 2 is 2.21 bits per heavy atom. The maximum Gasteiger partial charge on any atom is 0.322 e. The zero-order valence-corrected chi connectivity index (χ0v) is 8.25. The van der Waals surface area contributed by atoms with Gasteiger partial charge in [-0.3, -0.25) is 4.79 Å². The molecule has 1 saturated carbocycles. The second-order valence-corrected chi connectivity index (χ2v) is 5.15. The van der Waals surface area contributed by atoms with Crippen LogP contribution in [0.25, 0.3) is 0 Å². The van der Waals surface area contributed by atoms with Crippen LogP contribution in [0.4, 0.5) is 0 Å². The van der Waals surface area contributed by atoms with Crippen molar-refractivity contribution in [1.82, 2.24) is 4.72 Å². The lowest BCUT2D eigenvalue weighted by Gasteiger charge is -2.11. The van der Waals surface area contributed by atoms with Crippen molar-refractivity contribution in [1.29, 1.82) is 0 Å². The summed E-state index contributed by atoms with van der Waals surface area (Å²) < 4.78 is 24.8. The molecule has 0 saturated heterocycles. The molecule has 1 aliphatic carbocycles. The van der Waals surface area contributed by atoms with Gasteiger partial charge in [0.1, 0.15) is 6.04 Å². The fourth-order valence-electron chi connectivity index (χ4n) is 0.970. The summed E-state index contributed by atoms with van der Waals surface area (Å²) in [7, 11) is -3.48. The molecular weight excluding hydrogens is 206 g/mol. The molecule has 0 heterocycles. The monoisotopic (exact) mass is 217 g/mol. The highest BCUT2D eigenvalue weighted by Gasteiger charge is 2.38. The van der Waals surface area contributed by atoms with Crippen LogP contribution in [0.3, 0.4) is 0 Å². The van der Waals surface area contributed by atoms with Crippen LogP contribution in [-0.2, 0) is 14.8 Å². The summed E-state index contributed by atoms with van der Waals surface area (Å²) in [6.45, 7) is 0. The minimum Gasteiger partial charge on any atom is -0.480 e. The van der Waals surface area contributed by atoms with Crippen molar-refractivity contribution in [3.05, 3.63) is 0 Å². The van der Waals surface area contributed by atoms with Crippen LogP contribution in [0.2, 0.25) is 0 Å². The highest BCUT2D eigenvalue weighted by Crippen LogP contribution is 2.27. The van der Waals surface area contributed by atoms with Crippen LogP contribution in [-0.4, -0.2) is 30.8 Å². The predicted octanol–water partition coefficient (Wildman–Crippen LogP) is -0.455. The van der Waals surface area contributed by atoms with Crippen molar-refractivity contribution >= 4 is 16.0 Å². The third-order valence-electron chi connectivity index (χ3n) is 1.89. The van der Waals surface area contributed by atoms with Gasteiger partial charge in [0, 0.05) is 6.42 Å². The first kappa shape index (κ1) is 11.0. The topological polar surface area (TPSA) is 83.5 Å². The first-order valence-corrected chi connectivity index (χ1v) is 5.69. The summed E-state index contributed by atoms with van der Waals surface area (Å²) in [5.41, 5.74) is 0. The number of sulfonamides is 1.